The summed E-state index contributed by atoms with van der Waals surface area (Å²) >= 11 is 6.33. The molecule has 11 rings (SSSR count). The Morgan fingerprint density at radius 1 is 0.338 bits per heavy atom. The number of rotatable bonds is 8. The summed E-state index contributed by atoms with van der Waals surface area (Å²) in [6.45, 7) is 0. The quantitative estimate of drug-likeness (QED) is 0.0677. The number of benzene rings is 8. The van der Waals surface area contributed by atoms with Crippen LogP contribution in [0.5, 0.6) is 63.2 Å². The fourth-order valence-electron chi connectivity index (χ4n) is 10.2. The van der Waals surface area contributed by atoms with Crippen molar-refractivity contribution >= 4 is 23.8 Å². The molecule has 8 aromatic carbocycles. The largest absolute Gasteiger partial charge is 0.508 e. The minimum absolute atomic E-state index is 0.0436. The van der Waals surface area contributed by atoms with Gasteiger partial charge in [-0.3, -0.25) is 0 Å². The lowest BCUT2D eigenvalue weighted by Crippen LogP contribution is -2.16. The molecule has 8 aromatic rings. The normalized spacial score (nSPS) is 20.0. The zero-order valence-electron chi connectivity index (χ0n) is 35.7. The molecule has 0 radical (unpaired) electrons. The van der Waals surface area contributed by atoms with Crippen LogP contribution in [0.2, 0.25) is 5.02 Å². The van der Waals surface area contributed by atoms with Crippen molar-refractivity contribution in [2.24, 2.45) is 0 Å². The molecule has 0 amide bonds. The molecule has 0 saturated heterocycles. The van der Waals surface area contributed by atoms with Crippen LogP contribution in [-0.4, -0.2) is 40.9 Å². The molecule has 3 aliphatic heterocycles. The van der Waals surface area contributed by atoms with Gasteiger partial charge in [-0.25, -0.2) is 0 Å². The second kappa shape index (κ2) is 16.5. The molecule has 6 atom stereocenters. The van der Waals surface area contributed by atoms with Crippen LogP contribution in [0.3, 0.4) is 0 Å². The Morgan fingerprint density at radius 2 is 0.779 bits per heavy atom. The van der Waals surface area contributed by atoms with E-state index in [1.165, 1.54) is 18.2 Å². The summed E-state index contributed by atoms with van der Waals surface area (Å²) in [5, 5.41) is 86.4. The van der Waals surface area contributed by atoms with Crippen molar-refractivity contribution in [2.75, 3.05) is 0 Å². The Kier molecular flexibility index (Phi) is 10.2. The number of phenolic OH excluding ortho intramolecular Hbond substituents is 8. The standard InChI is InChI=1S/C56H41ClO11/c57-35-10-4-29(5-11-35)55-51(34-21-40(62)24-41(63)22-34)53-45(25-43(65)27-48(53)68-55)52-44-17-28(2-16-46(44)66-56(52)31-8-14-37(59)15-9-31)1-3-32-18-42(64)26-47-49(32)50(33-19-38(60)23-39(61)20-33)54(67-47)30-6-12-36(58)13-7-30/h1-27,50-52,54-56,58-65H/t50-,51+,52+,54+,55-,56+/m0/s1. The van der Waals surface area contributed by atoms with Crippen molar-refractivity contribution in [2.45, 2.75) is 36.1 Å². The Balaban J connectivity index is 1.05. The van der Waals surface area contributed by atoms with E-state index in [0.29, 0.717) is 55.7 Å². The molecule has 338 valence electrons. The van der Waals surface area contributed by atoms with Gasteiger partial charge in [0, 0.05) is 46.0 Å². The minimum atomic E-state index is -0.665. The third kappa shape index (κ3) is 7.62. The van der Waals surface area contributed by atoms with E-state index in [2.05, 4.69) is 0 Å². The lowest BCUT2D eigenvalue weighted by molar-refractivity contribution is 0.220. The van der Waals surface area contributed by atoms with Gasteiger partial charge < -0.3 is 55.1 Å². The molecule has 0 unspecified atom stereocenters. The summed E-state index contributed by atoms with van der Waals surface area (Å²) in [6.07, 6.45) is 1.78. The lowest BCUT2D eigenvalue weighted by atomic mass is 9.76. The van der Waals surface area contributed by atoms with E-state index >= 15 is 0 Å². The number of hydrogen-bond donors (Lipinski definition) is 8. The number of halogens is 1. The summed E-state index contributed by atoms with van der Waals surface area (Å²) < 4.78 is 20.1. The van der Waals surface area contributed by atoms with Crippen molar-refractivity contribution in [3.8, 4) is 63.2 Å². The maximum Gasteiger partial charge on any atom is 0.135 e. The zero-order valence-corrected chi connectivity index (χ0v) is 36.5. The zero-order chi connectivity index (χ0) is 47.0. The van der Waals surface area contributed by atoms with Gasteiger partial charge in [-0.1, -0.05) is 66.2 Å². The third-order valence-corrected chi connectivity index (χ3v) is 13.2. The van der Waals surface area contributed by atoms with Crippen molar-refractivity contribution in [1.82, 2.24) is 0 Å². The average Bonchev–Trinajstić information content (AvgIpc) is 4.00. The van der Waals surface area contributed by atoms with Gasteiger partial charge in [0.1, 0.15) is 81.6 Å². The molecule has 0 spiro atoms. The van der Waals surface area contributed by atoms with Crippen LogP contribution in [-0.2, 0) is 0 Å². The number of ether oxygens (including phenoxy) is 3. The van der Waals surface area contributed by atoms with Crippen molar-refractivity contribution in [3.05, 3.63) is 218 Å². The molecular weight excluding hydrogens is 884 g/mol. The van der Waals surface area contributed by atoms with Crippen LogP contribution < -0.4 is 14.2 Å². The Labute approximate surface area is 394 Å². The Hall–Kier alpha value is -8.41. The number of aromatic hydroxyl groups is 8. The van der Waals surface area contributed by atoms with E-state index in [9.17, 15) is 40.9 Å². The second-order valence-electron chi connectivity index (χ2n) is 17.4. The highest BCUT2D eigenvalue weighted by Gasteiger charge is 2.46. The first-order valence-electron chi connectivity index (χ1n) is 21.8. The van der Waals surface area contributed by atoms with Gasteiger partial charge in [0.25, 0.3) is 0 Å². The van der Waals surface area contributed by atoms with Gasteiger partial charge in [-0.15, -0.1) is 0 Å². The average molecular weight is 925 g/mol. The van der Waals surface area contributed by atoms with Crippen molar-refractivity contribution < 1.29 is 55.1 Å². The minimum Gasteiger partial charge on any atom is -0.508 e. The fraction of sp³-hybridized carbons (Fsp3) is 0.107. The van der Waals surface area contributed by atoms with Gasteiger partial charge in [0.05, 0.1) is 17.8 Å². The maximum absolute atomic E-state index is 11.5. The van der Waals surface area contributed by atoms with E-state index in [1.54, 1.807) is 103 Å². The third-order valence-electron chi connectivity index (χ3n) is 13.0. The molecular formula is C56H41ClO11. The molecule has 68 heavy (non-hydrogen) atoms. The maximum atomic E-state index is 11.5. The van der Waals surface area contributed by atoms with E-state index < -0.39 is 36.1 Å². The molecule has 0 saturated carbocycles. The first-order chi connectivity index (χ1) is 32.8. The Morgan fingerprint density at radius 3 is 1.32 bits per heavy atom. The molecule has 12 heteroatoms. The second-order valence-corrected chi connectivity index (χ2v) is 17.8. The van der Waals surface area contributed by atoms with Gasteiger partial charge >= 0.3 is 0 Å². The van der Waals surface area contributed by atoms with Crippen LogP contribution in [0.15, 0.2) is 152 Å². The molecule has 3 aliphatic rings. The number of fused-ring (bicyclic) bond motifs is 3. The lowest BCUT2D eigenvalue weighted by Gasteiger charge is -2.26. The number of hydrogen-bond acceptors (Lipinski definition) is 11. The fourth-order valence-corrected chi connectivity index (χ4v) is 10.3. The van der Waals surface area contributed by atoms with E-state index in [0.717, 1.165) is 27.8 Å². The van der Waals surface area contributed by atoms with E-state index in [-0.39, 0.29) is 46.0 Å². The summed E-state index contributed by atoms with van der Waals surface area (Å²) in [6, 6.07) is 41.6. The Bertz CT molecular complexity index is 3260. The van der Waals surface area contributed by atoms with Gasteiger partial charge in [-0.2, -0.15) is 0 Å². The highest BCUT2D eigenvalue weighted by atomic mass is 35.5. The molecule has 0 fully saturated rings. The summed E-state index contributed by atoms with van der Waals surface area (Å²) in [5.41, 5.74) is 7.60. The topological polar surface area (TPSA) is 190 Å². The smallest absolute Gasteiger partial charge is 0.135 e. The monoisotopic (exact) mass is 924 g/mol. The van der Waals surface area contributed by atoms with Crippen molar-refractivity contribution in [3.63, 3.8) is 0 Å². The van der Waals surface area contributed by atoms with Crippen LogP contribution >= 0.6 is 11.6 Å². The van der Waals surface area contributed by atoms with E-state index in [4.69, 9.17) is 25.8 Å². The van der Waals surface area contributed by atoms with Crippen LogP contribution in [0.25, 0.3) is 12.2 Å². The molecule has 0 aliphatic carbocycles. The van der Waals surface area contributed by atoms with Crippen LogP contribution in [0, 0.1) is 0 Å². The first kappa shape index (κ1) is 42.2. The number of phenols is 8. The summed E-state index contributed by atoms with van der Waals surface area (Å²) in [5.74, 6) is -0.848. The van der Waals surface area contributed by atoms with Crippen LogP contribution in [0.1, 0.15) is 97.3 Å². The summed E-state index contributed by atoms with van der Waals surface area (Å²) in [4.78, 5) is 0. The molecule has 11 nitrogen and oxygen atoms in total. The van der Waals surface area contributed by atoms with Gasteiger partial charge in [0.2, 0.25) is 0 Å². The predicted octanol–water partition coefficient (Wildman–Crippen LogP) is 12.0. The highest BCUT2D eigenvalue weighted by molar-refractivity contribution is 6.30. The molecule has 0 bridgehead atoms. The molecule has 3 heterocycles. The summed E-state index contributed by atoms with van der Waals surface area (Å²) in [7, 11) is 0. The SMILES string of the molecule is Oc1ccc([C@H]2Oc3ccc(C=Cc4cc(O)cc5c4[C@H](c4cc(O)cc(O)c4)[C@@H](c4ccc(O)cc4)O5)cc3[C@@H]2c2cc(O)cc3c2[C@@H](c2cc(O)cc(O)c2)[C@H](c2ccc(Cl)cc2)O3)cc1. The predicted molar refractivity (Wildman–Crippen MR) is 254 cm³/mol. The first-order valence-corrected chi connectivity index (χ1v) is 22.2. The van der Waals surface area contributed by atoms with Gasteiger partial charge in [0.15, 0.2) is 0 Å². The molecule has 8 N–H and O–H groups in total. The van der Waals surface area contributed by atoms with Crippen LogP contribution in [0.4, 0.5) is 0 Å². The molecule has 0 aromatic heterocycles. The van der Waals surface area contributed by atoms with E-state index in [1.807, 2.05) is 42.5 Å². The van der Waals surface area contributed by atoms with Crippen molar-refractivity contribution in [1.29, 1.82) is 0 Å². The highest BCUT2D eigenvalue weighted by Crippen LogP contribution is 2.59. The van der Waals surface area contributed by atoms with Gasteiger partial charge in [-0.05, 0) is 129 Å².